The molecule has 136 valence electrons. The van der Waals surface area contributed by atoms with Crippen LogP contribution in [0.15, 0.2) is 28.3 Å². The number of nitrogens with two attached hydrogens (primary N) is 1. The number of thioether (sulfide) groups is 1. The van der Waals surface area contributed by atoms with Gasteiger partial charge in [0, 0.05) is 13.1 Å². The van der Waals surface area contributed by atoms with E-state index in [2.05, 4.69) is 15.6 Å². The van der Waals surface area contributed by atoms with Gasteiger partial charge in [-0.2, -0.15) is 0 Å². The van der Waals surface area contributed by atoms with Crippen LogP contribution in [-0.4, -0.2) is 42.2 Å². The van der Waals surface area contributed by atoms with Gasteiger partial charge < -0.3 is 9.88 Å². The van der Waals surface area contributed by atoms with E-state index in [1.165, 1.54) is 12.1 Å². The molecule has 0 bridgehead atoms. The predicted octanol–water partition coefficient (Wildman–Crippen LogP) is 0.641. The van der Waals surface area contributed by atoms with Gasteiger partial charge in [-0.25, -0.2) is 23.3 Å². The summed E-state index contributed by atoms with van der Waals surface area (Å²) in [5, 5.41) is 10.4. The van der Waals surface area contributed by atoms with E-state index in [-0.39, 0.29) is 10.6 Å². The van der Waals surface area contributed by atoms with Crippen LogP contribution in [0.1, 0.15) is 13.8 Å². The van der Waals surface area contributed by atoms with Gasteiger partial charge in [0.05, 0.1) is 21.7 Å². The Morgan fingerprint density at radius 1 is 1.32 bits per heavy atom. The number of urea groups is 1. The molecule has 25 heavy (non-hydrogen) atoms. The van der Waals surface area contributed by atoms with Crippen molar-refractivity contribution in [1.82, 2.24) is 20.2 Å². The molecule has 0 saturated heterocycles. The van der Waals surface area contributed by atoms with E-state index in [1.54, 1.807) is 13.0 Å². The van der Waals surface area contributed by atoms with E-state index >= 15 is 0 Å². The van der Waals surface area contributed by atoms with Crippen molar-refractivity contribution in [3.63, 3.8) is 0 Å². The maximum atomic E-state index is 11.8. The lowest BCUT2D eigenvalue weighted by atomic mass is 10.3. The molecule has 0 aliphatic rings. The summed E-state index contributed by atoms with van der Waals surface area (Å²) in [6, 6.07) is 3.90. The molecule has 1 aromatic heterocycles. The van der Waals surface area contributed by atoms with Gasteiger partial charge in [0.2, 0.25) is 15.9 Å². The van der Waals surface area contributed by atoms with Crippen molar-refractivity contribution in [2.75, 3.05) is 12.3 Å². The number of sulfonamides is 1. The normalized spacial score (nSPS) is 11.5. The van der Waals surface area contributed by atoms with Crippen LogP contribution in [0, 0.1) is 0 Å². The van der Waals surface area contributed by atoms with Gasteiger partial charge in [0.15, 0.2) is 5.16 Å². The smallest absolute Gasteiger partial charge is 0.321 e. The molecule has 0 saturated carbocycles. The highest BCUT2D eigenvalue weighted by molar-refractivity contribution is 7.99. The van der Waals surface area contributed by atoms with Crippen LogP contribution < -0.4 is 15.8 Å². The highest BCUT2D eigenvalue weighted by Gasteiger charge is 2.16. The molecule has 0 spiro atoms. The lowest BCUT2D eigenvalue weighted by Gasteiger charge is -2.06. The topological polar surface area (TPSA) is 136 Å². The molecule has 1 heterocycles. The SMILES string of the molecule is CCNC(=O)NC(=O)CSc1nc2cc(S(N)(=O)=O)ccc2n1CC. The lowest BCUT2D eigenvalue weighted by Crippen LogP contribution is -2.40. The van der Waals surface area contributed by atoms with Crippen molar-refractivity contribution in [2.24, 2.45) is 5.14 Å². The standard InChI is InChI=1S/C14H19N5O4S2/c1-3-16-13(21)18-12(20)8-24-14-17-10-7-9(25(15,22)23)5-6-11(10)19(14)4-2/h5-7H,3-4,8H2,1-2H3,(H2,15,22,23)(H2,16,18,20,21). The number of nitrogens with zero attached hydrogens (tertiary/aromatic N) is 2. The number of imidazole rings is 1. The zero-order valence-electron chi connectivity index (χ0n) is 13.8. The van der Waals surface area contributed by atoms with E-state index in [0.717, 1.165) is 17.3 Å². The third-order valence-corrected chi connectivity index (χ3v) is 5.14. The summed E-state index contributed by atoms with van der Waals surface area (Å²) in [4.78, 5) is 27.4. The minimum atomic E-state index is -3.81. The van der Waals surface area contributed by atoms with Crippen LogP contribution in [0.5, 0.6) is 0 Å². The molecular weight excluding hydrogens is 366 g/mol. The second kappa shape index (κ2) is 7.85. The Bertz CT molecular complexity index is 907. The minimum Gasteiger partial charge on any atom is -0.338 e. The highest BCUT2D eigenvalue weighted by Crippen LogP contribution is 2.25. The summed E-state index contributed by atoms with van der Waals surface area (Å²) in [6.07, 6.45) is 0. The van der Waals surface area contributed by atoms with Gasteiger partial charge in [-0.05, 0) is 32.0 Å². The number of primary sulfonamides is 1. The van der Waals surface area contributed by atoms with Crippen molar-refractivity contribution in [3.05, 3.63) is 18.2 Å². The number of fused-ring (bicyclic) bond motifs is 1. The van der Waals surface area contributed by atoms with Crippen molar-refractivity contribution in [3.8, 4) is 0 Å². The number of benzene rings is 1. The van der Waals surface area contributed by atoms with Crippen LogP contribution in [0.4, 0.5) is 4.79 Å². The number of hydrogen-bond acceptors (Lipinski definition) is 6. The van der Waals surface area contributed by atoms with Crippen LogP contribution in [0.25, 0.3) is 11.0 Å². The number of imide groups is 1. The Hall–Kier alpha value is -2.11. The molecule has 0 aliphatic carbocycles. The third kappa shape index (κ3) is 4.71. The number of aromatic nitrogens is 2. The molecule has 2 rings (SSSR count). The second-order valence-corrected chi connectivity index (χ2v) is 7.53. The van der Waals surface area contributed by atoms with E-state index in [9.17, 15) is 18.0 Å². The lowest BCUT2D eigenvalue weighted by molar-refractivity contribution is -0.117. The van der Waals surface area contributed by atoms with Gasteiger partial charge in [-0.3, -0.25) is 10.1 Å². The number of rotatable bonds is 6. The molecule has 2 aromatic rings. The average Bonchev–Trinajstić information content (AvgIpc) is 2.88. The fourth-order valence-electron chi connectivity index (χ4n) is 2.18. The van der Waals surface area contributed by atoms with E-state index < -0.39 is 22.0 Å². The minimum absolute atomic E-state index is 0.00248. The van der Waals surface area contributed by atoms with E-state index in [1.807, 2.05) is 11.5 Å². The van der Waals surface area contributed by atoms with Crippen molar-refractivity contribution in [2.45, 2.75) is 30.4 Å². The summed E-state index contributed by atoms with van der Waals surface area (Å²) >= 11 is 1.16. The number of nitrogens with one attached hydrogen (secondary N) is 2. The largest absolute Gasteiger partial charge is 0.338 e. The first-order valence-electron chi connectivity index (χ1n) is 7.49. The van der Waals surface area contributed by atoms with E-state index in [4.69, 9.17) is 5.14 Å². The Morgan fingerprint density at radius 3 is 2.64 bits per heavy atom. The maximum Gasteiger partial charge on any atom is 0.321 e. The van der Waals surface area contributed by atoms with Gasteiger partial charge in [0.1, 0.15) is 0 Å². The van der Waals surface area contributed by atoms with Crippen molar-refractivity contribution < 1.29 is 18.0 Å². The summed E-state index contributed by atoms with van der Waals surface area (Å²) < 4.78 is 24.8. The summed E-state index contributed by atoms with van der Waals surface area (Å²) in [6.45, 7) is 4.67. The monoisotopic (exact) mass is 385 g/mol. The van der Waals surface area contributed by atoms with Gasteiger partial charge >= 0.3 is 6.03 Å². The zero-order chi connectivity index (χ0) is 18.6. The summed E-state index contributed by atoms with van der Waals surface area (Å²) in [5.74, 6) is -0.446. The Kier molecular flexibility index (Phi) is 6.03. The predicted molar refractivity (Wildman–Crippen MR) is 94.7 cm³/mol. The third-order valence-electron chi connectivity index (χ3n) is 3.25. The first-order chi connectivity index (χ1) is 11.8. The Balaban J connectivity index is 2.20. The van der Waals surface area contributed by atoms with E-state index in [0.29, 0.717) is 23.8 Å². The fourth-order valence-corrected chi connectivity index (χ4v) is 3.59. The van der Waals surface area contributed by atoms with Crippen LogP contribution in [0.3, 0.4) is 0 Å². The van der Waals surface area contributed by atoms with Gasteiger partial charge in [-0.1, -0.05) is 11.8 Å². The molecule has 3 amide bonds. The number of aryl methyl sites for hydroxylation is 1. The Morgan fingerprint density at radius 2 is 2.04 bits per heavy atom. The molecule has 0 unspecified atom stereocenters. The van der Waals surface area contributed by atoms with Crippen LogP contribution in [-0.2, 0) is 21.4 Å². The van der Waals surface area contributed by atoms with Gasteiger partial charge in [0.25, 0.3) is 0 Å². The van der Waals surface area contributed by atoms with Crippen LogP contribution in [0.2, 0.25) is 0 Å². The second-order valence-electron chi connectivity index (χ2n) is 5.03. The Labute approximate surface area is 149 Å². The first-order valence-corrected chi connectivity index (χ1v) is 10.0. The molecule has 0 radical (unpaired) electrons. The fraction of sp³-hybridized carbons (Fsp3) is 0.357. The molecule has 0 aliphatic heterocycles. The summed E-state index contributed by atoms with van der Waals surface area (Å²) in [7, 11) is -3.81. The molecule has 9 nitrogen and oxygen atoms in total. The zero-order valence-corrected chi connectivity index (χ0v) is 15.4. The van der Waals surface area contributed by atoms with Crippen LogP contribution >= 0.6 is 11.8 Å². The molecule has 4 N–H and O–H groups in total. The number of carbonyl (C=O) groups is 2. The number of amides is 3. The molecular formula is C14H19N5O4S2. The number of hydrogen-bond donors (Lipinski definition) is 3. The first kappa shape index (κ1) is 19.2. The van der Waals surface area contributed by atoms with Crippen molar-refractivity contribution >= 4 is 44.8 Å². The molecule has 1 aromatic carbocycles. The molecule has 11 heteroatoms. The number of carbonyl (C=O) groups excluding carboxylic acids is 2. The van der Waals surface area contributed by atoms with Crippen molar-refractivity contribution in [1.29, 1.82) is 0 Å². The maximum absolute atomic E-state index is 11.8. The molecule has 0 atom stereocenters. The van der Waals surface area contributed by atoms with Gasteiger partial charge in [-0.15, -0.1) is 0 Å². The molecule has 0 fully saturated rings. The quantitative estimate of drug-likeness (QED) is 0.624. The average molecular weight is 385 g/mol. The summed E-state index contributed by atoms with van der Waals surface area (Å²) in [5.41, 5.74) is 1.21. The highest BCUT2D eigenvalue weighted by atomic mass is 32.2.